The molecule has 0 unspecified atom stereocenters. The third-order valence-electron chi connectivity index (χ3n) is 8.35. The zero-order valence-electron chi connectivity index (χ0n) is 23.9. The molecule has 1 saturated carbocycles. The van der Waals surface area contributed by atoms with E-state index in [4.69, 9.17) is 9.84 Å². The summed E-state index contributed by atoms with van der Waals surface area (Å²) in [4.78, 5) is 20.8. The van der Waals surface area contributed by atoms with Crippen molar-refractivity contribution in [1.29, 1.82) is 0 Å². The summed E-state index contributed by atoms with van der Waals surface area (Å²) in [6, 6.07) is 7.44. The SMILES string of the molecule is Cc1cccc(CCCCCC2(C(=O)N3Cc4c(C)nn(COCC[Si](C)(C)C)c4C3)CCCCC2)n1. The molecule has 2 aliphatic rings. The summed E-state index contributed by atoms with van der Waals surface area (Å²) in [5.74, 6) is 0.384. The summed E-state index contributed by atoms with van der Waals surface area (Å²) in [5.41, 5.74) is 5.55. The summed E-state index contributed by atoms with van der Waals surface area (Å²) in [5, 5.41) is 4.75. The number of hydrogen-bond acceptors (Lipinski definition) is 4. The zero-order chi connectivity index (χ0) is 26.5. The van der Waals surface area contributed by atoms with Crippen molar-refractivity contribution in [3.05, 3.63) is 46.5 Å². The average molecular weight is 525 g/mol. The molecule has 7 heteroatoms. The number of fused-ring (bicyclic) bond motifs is 1. The number of rotatable bonds is 12. The number of amides is 1. The van der Waals surface area contributed by atoms with Crippen LogP contribution < -0.4 is 0 Å². The Kier molecular flexibility index (Phi) is 9.27. The van der Waals surface area contributed by atoms with Gasteiger partial charge < -0.3 is 9.64 Å². The van der Waals surface area contributed by atoms with Crippen molar-refractivity contribution >= 4 is 14.0 Å². The van der Waals surface area contributed by atoms with E-state index >= 15 is 0 Å². The lowest BCUT2D eigenvalue weighted by atomic mass is 9.70. The van der Waals surface area contributed by atoms with Gasteiger partial charge in [-0.15, -0.1) is 0 Å². The van der Waals surface area contributed by atoms with E-state index < -0.39 is 8.07 Å². The van der Waals surface area contributed by atoms with E-state index in [9.17, 15) is 4.79 Å². The molecule has 37 heavy (non-hydrogen) atoms. The number of unbranched alkanes of at least 4 members (excludes halogenated alkanes) is 2. The zero-order valence-corrected chi connectivity index (χ0v) is 24.9. The Balaban J connectivity index is 1.33. The van der Waals surface area contributed by atoms with E-state index in [1.807, 2.05) is 4.68 Å². The fourth-order valence-corrected chi connectivity index (χ4v) is 6.83. The highest BCUT2D eigenvalue weighted by Crippen LogP contribution is 2.44. The van der Waals surface area contributed by atoms with Gasteiger partial charge in [0.1, 0.15) is 6.73 Å². The van der Waals surface area contributed by atoms with Crippen molar-refractivity contribution in [3.63, 3.8) is 0 Å². The number of carbonyl (C=O) groups is 1. The summed E-state index contributed by atoms with van der Waals surface area (Å²) in [6.07, 6.45) is 11.2. The monoisotopic (exact) mass is 524 g/mol. The number of carbonyl (C=O) groups excluding carboxylic acids is 1. The molecular weight excluding hydrogens is 476 g/mol. The third-order valence-corrected chi connectivity index (χ3v) is 10.1. The minimum atomic E-state index is -1.11. The van der Waals surface area contributed by atoms with Gasteiger partial charge in [0.2, 0.25) is 5.91 Å². The predicted molar refractivity (Wildman–Crippen MR) is 152 cm³/mol. The van der Waals surface area contributed by atoms with Crippen molar-refractivity contribution in [2.24, 2.45) is 5.41 Å². The molecule has 0 N–H and O–H groups in total. The first-order valence-corrected chi connectivity index (χ1v) is 18.2. The molecule has 1 amide bonds. The van der Waals surface area contributed by atoms with Gasteiger partial charge in [-0.1, -0.05) is 57.8 Å². The van der Waals surface area contributed by atoms with Gasteiger partial charge in [0.25, 0.3) is 0 Å². The fraction of sp³-hybridized carbons (Fsp3) is 0.700. The Bertz CT molecular complexity index is 1050. The van der Waals surface area contributed by atoms with Gasteiger partial charge in [-0.25, -0.2) is 4.68 Å². The van der Waals surface area contributed by atoms with Gasteiger partial charge in [-0.05, 0) is 64.1 Å². The van der Waals surface area contributed by atoms with Crippen LogP contribution in [-0.2, 0) is 35.8 Å². The van der Waals surface area contributed by atoms with Crippen LogP contribution in [0.3, 0.4) is 0 Å². The van der Waals surface area contributed by atoms with Crippen molar-refractivity contribution < 1.29 is 9.53 Å². The summed E-state index contributed by atoms with van der Waals surface area (Å²) >= 11 is 0. The number of aromatic nitrogens is 3. The van der Waals surface area contributed by atoms with Crippen LogP contribution in [-0.4, -0.2) is 40.3 Å². The Morgan fingerprint density at radius 2 is 1.84 bits per heavy atom. The minimum absolute atomic E-state index is 0.177. The number of pyridine rings is 1. The summed E-state index contributed by atoms with van der Waals surface area (Å²) < 4.78 is 8.02. The molecule has 0 radical (unpaired) electrons. The van der Waals surface area contributed by atoms with E-state index in [1.54, 1.807) is 0 Å². The van der Waals surface area contributed by atoms with Crippen LogP contribution >= 0.6 is 0 Å². The third kappa shape index (κ3) is 7.32. The van der Waals surface area contributed by atoms with Crippen LogP contribution in [0.15, 0.2) is 18.2 Å². The number of aryl methyl sites for hydroxylation is 3. The molecule has 0 aromatic carbocycles. The lowest BCUT2D eigenvalue weighted by Crippen LogP contribution is -2.43. The highest BCUT2D eigenvalue weighted by molar-refractivity contribution is 6.76. The molecule has 0 bridgehead atoms. The topological polar surface area (TPSA) is 60.2 Å². The minimum Gasteiger partial charge on any atom is -0.360 e. The Labute approximate surface area is 225 Å². The number of ether oxygens (including phenoxy) is 1. The van der Waals surface area contributed by atoms with E-state index in [0.717, 1.165) is 69.0 Å². The molecule has 1 aliphatic carbocycles. The molecule has 204 valence electrons. The molecule has 3 heterocycles. The molecule has 2 aromatic rings. The Morgan fingerprint density at radius 3 is 2.57 bits per heavy atom. The van der Waals surface area contributed by atoms with E-state index in [-0.39, 0.29) is 5.41 Å². The van der Waals surface area contributed by atoms with Crippen LogP contribution in [0.25, 0.3) is 0 Å². The smallest absolute Gasteiger partial charge is 0.229 e. The largest absolute Gasteiger partial charge is 0.360 e. The predicted octanol–water partition coefficient (Wildman–Crippen LogP) is 6.80. The molecule has 1 aliphatic heterocycles. The van der Waals surface area contributed by atoms with Crippen molar-refractivity contribution in [2.75, 3.05) is 6.61 Å². The molecule has 0 atom stereocenters. The normalized spacial score (nSPS) is 17.3. The van der Waals surface area contributed by atoms with Gasteiger partial charge in [0, 0.05) is 43.6 Å². The number of hydrogen-bond donors (Lipinski definition) is 0. The van der Waals surface area contributed by atoms with Crippen LogP contribution in [0, 0.1) is 19.3 Å². The molecule has 0 saturated heterocycles. The van der Waals surface area contributed by atoms with Crippen molar-refractivity contribution in [2.45, 2.75) is 124 Å². The quantitative estimate of drug-likeness (QED) is 0.226. The lowest BCUT2D eigenvalue weighted by molar-refractivity contribution is -0.145. The van der Waals surface area contributed by atoms with Gasteiger partial charge in [-0.2, -0.15) is 5.10 Å². The van der Waals surface area contributed by atoms with Gasteiger partial charge in [0.15, 0.2) is 0 Å². The van der Waals surface area contributed by atoms with Crippen LogP contribution in [0.4, 0.5) is 0 Å². The second-order valence-electron chi connectivity index (χ2n) is 12.7. The van der Waals surface area contributed by atoms with Crippen LogP contribution in [0.1, 0.15) is 86.1 Å². The summed E-state index contributed by atoms with van der Waals surface area (Å²) in [6.45, 7) is 13.9. The van der Waals surface area contributed by atoms with Crippen molar-refractivity contribution in [3.8, 4) is 0 Å². The van der Waals surface area contributed by atoms with Crippen LogP contribution in [0.2, 0.25) is 25.7 Å². The first-order chi connectivity index (χ1) is 17.7. The molecule has 2 aromatic heterocycles. The maximum absolute atomic E-state index is 14.1. The highest BCUT2D eigenvalue weighted by Gasteiger charge is 2.43. The molecule has 0 spiro atoms. The maximum atomic E-state index is 14.1. The summed E-state index contributed by atoms with van der Waals surface area (Å²) in [7, 11) is -1.11. The Hall–Kier alpha value is -1.99. The van der Waals surface area contributed by atoms with Gasteiger partial charge in [0.05, 0.1) is 17.9 Å². The standard InChI is InChI=1S/C30H48N4O2Si/c1-24-13-12-15-26(31-24)14-8-6-9-16-30(17-10-7-11-18-30)29(35)33-21-27-25(2)32-34(28(27)22-33)23-36-19-20-37(3,4)5/h12-13,15H,6-11,14,16-23H2,1-5H3. The molecule has 6 nitrogen and oxygen atoms in total. The van der Waals surface area contributed by atoms with Crippen molar-refractivity contribution in [1.82, 2.24) is 19.7 Å². The second kappa shape index (κ2) is 12.2. The van der Waals surface area contributed by atoms with E-state index in [2.05, 4.69) is 61.6 Å². The molecular formula is C30H48N4O2Si. The highest BCUT2D eigenvalue weighted by atomic mass is 28.3. The molecule has 4 rings (SSSR count). The second-order valence-corrected chi connectivity index (χ2v) is 18.3. The molecule has 1 fully saturated rings. The first kappa shape index (κ1) is 28.0. The Morgan fingerprint density at radius 1 is 1.05 bits per heavy atom. The van der Waals surface area contributed by atoms with Gasteiger partial charge >= 0.3 is 0 Å². The average Bonchev–Trinajstić information content (AvgIpc) is 3.42. The lowest BCUT2D eigenvalue weighted by Gasteiger charge is -2.39. The number of nitrogens with zero attached hydrogens (tertiary/aromatic N) is 4. The van der Waals surface area contributed by atoms with Crippen LogP contribution in [0.5, 0.6) is 0 Å². The van der Waals surface area contributed by atoms with Gasteiger partial charge in [-0.3, -0.25) is 9.78 Å². The van der Waals surface area contributed by atoms with E-state index in [1.165, 1.54) is 36.2 Å². The fourth-order valence-electron chi connectivity index (χ4n) is 6.08. The first-order valence-electron chi connectivity index (χ1n) is 14.5. The van der Waals surface area contributed by atoms with E-state index in [0.29, 0.717) is 25.7 Å². The maximum Gasteiger partial charge on any atom is 0.229 e.